The average molecular weight is 306 g/mol. The van der Waals surface area contributed by atoms with Crippen LogP contribution in [0, 0.1) is 5.41 Å². The third kappa shape index (κ3) is 3.21. The van der Waals surface area contributed by atoms with Gasteiger partial charge < -0.3 is 15.0 Å². The molecule has 2 fully saturated rings. The van der Waals surface area contributed by atoms with E-state index < -0.39 is 0 Å². The first-order chi connectivity index (χ1) is 10.6. The second-order valence-corrected chi connectivity index (χ2v) is 7.25. The molecule has 5 heteroatoms. The second kappa shape index (κ2) is 6.69. The third-order valence-electron chi connectivity index (χ3n) is 5.69. The molecule has 2 heterocycles. The Morgan fingerprint density at radius 3 is 2.82 bits per heavy atom. The van der Waals surface area contributed by atoms with Crippen LogP contribution in [0.5, 0.6) is 0 Å². The topological polar surface area (TPSA) is 42.3 Å². The molecule has 0 amide bonds. The van der Waals surface area contributed by atoms with Gasteiger partial charge >= 0.3 is 0 Å². The molecule has 1 spiro atoms. The number of likely N-dealkylation sites (N-methyl/N-ethyl adjacent to an activating group) is 1. The predicted molar refractivity (Wildman–Crippen MR) is 87.8 cm³/mol. The van der Waals surface area contributed by atoms with E-state index in [-0.39, 0.29) is 0 Å². The van der Waals surface area contributed by atoms with Crippen LogP contribution < -0.4 is 5.32 Å². The summed E-state index contributed by atoms with van der Waals surface area (Å²) in [6.07, 6.45) is 10.6. The summed E-state index contributed by atoms with van der Waals surface area (Å²) in [5.74, 6) is 0. The minimum atomic E-state index is 0.381. The van der Waals surface area contributed by atoms with E-state index in [1.54, 1.807) is 0 Å². The van der Waals surface area contributed by atoms with Crippen molar-refractivity contribution in [3.63, 3.8) is 0 Å². The van der Waals surface area contributed by atoms with Crippen molar-refractivity contribution in [1.29, 1.82) is 0 Å². The Morgan fingerprint density at radius 1 is 1.41 bits per heavy atom. The summed E-state index contributed by atoms with van der Waals surface area (Å²) in [6.45, 7) is 2.88. The summed E-state index contributed by atoms with van der Waals surface area (Å²) in [5, 5.41) is 8.23. The number of hydrogen-bond donors (Lipinski definition) is 1. The van der Waals surface area contributed by atoms with Crippen molar-refractivity contribution in [2.45, 2.75) is 44.2 Å². The Labute approximate surface area is 134 Å². The smallest absolute Gasteiger partial charge is 0.0538 e. The molecular formula is C17H30N4O. The maximum Gasteiger partial charge on any atom is 0.0538 e. The van der Waals surface area contributed by atoms with Crippen LogP contribution in [0.2, 0.25) is 0 Å². The second-order valence-electron chi connectivity index (χ2n) is 7.25. The molecule has 22 heavy (non-hydrogen) atoms. The molecule has 1 aromatic rings. The standard InChI is InChI=1S/C17H30N4O/c1-20(2)15(14-11-19-21(3)13-14)12-18-16-5-4-6-17(16)7-9-22-10-8-17/h11,13,15-16,18H,4-10,12H2,1-3H3/t15-,16+/m1/s1. The molecule has 0 unspecified atom stereocenters. The maximum atomic E-state index is 5.59. The van der Waals surface area contributed by atoms with E-state index in [1.165, 1.54) is 37.7 Å². The van der Waals surface area contributed by atoms with Crippen molar-refractivity contribution in [3.05, 3.63) is 18.0 Å². The predicted octanol–water partition coefficient (Wildman–Crippen LogP) is 1.96. The van der Waals surface area contributed by atoms with Gasteiger partial charge in [0.25, 0.3) is 0 Å². The van der Waals surface area contributed by atoms with Gasteiger partial charge in [-0.25, -0.2) is 0 Å². The van der Waals surface area contributed by atoms with E-state index in [4.69, 9.17) is 4.74 Å². The zero-order chi connectivity index (χ0) is 15.6. The summed E-state index contributed by atoms with van der Waals surface area (Å²) in [7, 11) is 6.29. The van der Waals surface area contributed by atoms with Gasteiger partial charge in [0, 0.05) is 50.7 Å². The fourth-order valence-electron chi connectivity index (χ4n) is 4.30. The molecule has 0 aromatic carbocycles. The van der Waals surface area contributed by atoms with Crippen LogP contribution in [0.3, 0.4) is 0 Å². The zero-order valence-corrected chi connectivity index (χ0v) is 14.2. The van der Waals surface area contributed by atoms with Gasteiger partial charge in [-0.05, 0) is 45.2 Å². The fraction of sp³-hybridized carbons (Fsp3) is 0.824. The van der Waals surface area contributed by atoms with Crippen LogP contribution in [0.4, 0.5) is 0 Å². The lowest BCUT2D eigenvalue weighted by atomic mass is 9.75. The van der Waals surface area contributed by atoms with Gasteiger partial charge in [0.15, 0.2) is 0 Å². The molecule has 1 aliphatic heterocycles. The lowest BCUT2D eigenvalue weighted by Crippen LogP contribution is -2.47. The summed E-state index contributed by atoms with van der Waals surface area (Å²) >= 11 is 0. The lowest BCUT2D eigenvalue weighted by Gasteiger charge is -2.40. The Morgan fingerprint density at radius 2 is 2.18 bits per heavy atom. The first-order valence-corrected chi connectivity index (χ1v) is 8.57. The molecule has 1 saturated heterocycles. The number of nitrogens with zero attached hydrogens (tertiary/aromatic N) is 3. The van der Waals surface area contributed by atoms with Crippen molar-refractivity contribution in [3.8, 4) is 0 Å². The van der Waals surface area contributed by atoms with Gasteiger partial charge in [-0.3, -0.25) is 4.68 Å². The molecule has 5 nitrogen and oxygen atoms in total. The average Bonchev–Trinajstić information content (AvgIpc) is 3.08. The number of hydrogen-bond acceptors (Lipinski definition) is 4. The van der Waals surface area contributed by atoms with Crippen molar-refractivity contribution in [1.82, 2.24) is 20.0 Å². The first kappa shape index (κ1) is 16.0. The number of rotatable bonds is 5. The molecule has 124 valence electrons. The van der Waals surface area contributed by atoms with Crippen LogP contribution in [0.1, 0.15) is 43.7 Å². The third-order valence-corrected chi connectivity index (χ3v) is 5.69. The van der Waals surface area contributed by atoms with Crippen molar-refractivity contribution >= 4 is 0 Å². The monoisotopic (exact) mass is 306 g/mol. The molecule has 3 rings (SSSR count). The molecule has 2 atom stereocenters. The summed E-state index contributed by atoms with van der Waals surface area (Å²) in [4.78, 5) is 2.29. The van der Waals surface area contributed by atoms with Gasteiger partial charge in [0.05, 0.1) is 6.20 Å². The summed E-state index contributed by atoms with van der Waals surface area (Å²) in [6, 6.07) is 1.03. The molecule has 1 N–H and O–H groups in total. The highest BCUT2D eigenvalue weighted by Crippen LogP contribution is 2.46. The van der Waals surface area contributed by atoms with Crippen molar-refractivity contribution in [2.75, 3.05) is 33.9 Å². The van der Waals surface area contributed by atoms with E-state index in [0.717, 1.165) is 19.8 Å². The minimum Gasteiger partial charge on any atom is -0.381 e. The number of aryl methyl sites for hydroxylation is 1. The highest BCUT2D eigenvalue weighted by molar-refractivity contribution is 5.11. The fourth-order valence-corrected chi connectivity index (χ4v) is 4.30. The SMILES string of the molecule is CN(C)[C@H](CN[C@H]1CCCC12CCOCC2)c1cnn(C)c1. The van der Waals surface area contributed by atoms with Crippen molar-refractivity contribution in [2.24, 2.45) is 12.5 Å². The minimum absolute atomic E-state index is 0.381. The van der Waals surface area contributed by atoms with E-state index in [1.807, 2.05) is 17.9 Å². The highest BCUT2D eigenvalue weighted by atomic mass is 16.5. The maximum absolute atomic E-state index is 5.59. The van der Waals surface area contributed by atoms with Crippen LogP contribution in [0.15, 0.2) is 12.4 Å². The molecule has 1 saturated carbocycles. The van der Waals surface area contributed by atoms with Crippen molar-refractivity contribution < 1.29 is 4.74 Å². The quantitative estimate of drug-likeness (QED) is 0.903. The highest BCUT2D eigenvalue weighted by Gasteiger charge is 2.43. The normalized spacial score (nSPS) is 25.9. The van der Waals surface area contributed by atoms with Crippen LogP contribution in [0.25, 0.3) is 0 Å². The Balaban J connectivity index is 1.64. The molecule has 2 aliphatic rings. The van der Waals surface area contributed by atoms with Crippen LogP contribution >= 0.6 is 0 Å². The first-order valence-electron chi connectivity index (χ1n) is 8.57. The van der Waals surface area contributed by atoms with Gasteiger partial charge in [-0.1, -0.05) is 6.42 Å². The lowest BCUT2D eigenvalue weighted by molar-refractivity contribution is 0.00355. The molecule has 0 radical (unpaired) electrons. The van der Waals surface area contributed by atoms with E-state index in [9.17, 15) is 0 Å². The van der Waals surface area contributed by atoms with Crippen LogP contribution in [-0.4, -0.2) is 54.6 Å². The van der Waals surface area contributed by atoms with Crippen LogP contribution in [-0.2, 0) is 11.8 Å². The summed E-state index contributed by atoms with van der Waals surface area (Å²) in [5.41, 5.74) is 1.78. The summed E-state index contributed by atoms with van der Waals surface area (Å²) < 4.78 is 7.48. The van der Waals surface area contributed by atoms with Gasteiger partial charge in [-0.15, -0.1) is 0 Å². The molecular weight excluding hydrogens is 276 g/mol. The number of ether oxygens (including phenoxy) is 1. The molecule has 1 aliphatic carbocycles. The van der Waals surface area contributed by atoms with E-state index >= 15 is 0 Å². The Bertz CT molecular complexity index is 479. The Kier molecular flexibility index (Phi) is 4.85. The van der Waals surface area contributed by atoms with E-state index in [2.05, 4.69) is 35.6 Å². The van der Waals surface area contributed by atoms with Gasteiger partial charge in [0.2, 0.25) is 0 Å². The molecule has 1 aromatic heterocycles. The van der Waals surface area contributed by atoms with E-state index in [0.29, 0.717) is 17.5 Å². The van der Waals surface area contributed by atoms with Gasteiger partial charge in [0.1, 0.15) is 0 Å². The number of aromatic nitrogens is 2. The largest absolute Gasteiger partial charge is 0.381 e. The molecule has 0 bridgehead atoms. The van der Waals surface area contributed by atoms with Gasteiger partial charge in [-0.2, -0.15) is 5.10 Å². The number of nitrogens with one attached hydrogen (secondary N) is 1. The zero-order valence-electron chi connectivity index (χ0n) is 14.2. The Hall–Kier alpha value is -0.910.